The maximum Gasteiger partial charge on any atom is 0.252 e. The van der Waals surface area contributed by atoms with Gasteiger partial charge in [-0.05, 0) is 42.7 Å². The highest BCUT2D eigenvalue weighted by atomic mass is 32.1. The fourth-order valence-corrected chi connectivity index (χ4v) is 4.08. The predicted octanol–water partition coefficient (Wildman–Crippen LogP) is 4.66. The molecule has 0 saturated carbocycles. The van der Waals surface area contributed by atoms with Crippen LogP contribution in [0, 0.1) is 5.82 Å². The Morgan fingerprint density at radius 2 is 2.15 bits per heavy atom. The largest absolute Gasteiger partial charge is 0.376 e. The normalized spacial score (nSPS) is 17.0. The highest BCUT2D eigenvalue weighted by Gasteiger charge is 2.25. The van der Waals surface area contributed by atoms with Crippen LogP contribution in [0.1, 0.15) is 18.4 Å². The van der Waals surface area contributed by atoms with E-state index in [4.69, 9.17) is 4.74 Å². The lowest BCUT2D eigenvalue weighted by molar-refractivity contribution is -0.114. The van der Waals surface area contributed by atoms with E-state index in [1.807, 2.05) is 30.3 Å². The van der Waals surface area contributed by atoms with Gasteiger partial charge in [-0.2, -0.15) is 0 Å². The molecule has 1 fully saturated rings. The summed E-state index contributed by atoms with van der Waals surface area (Å²) in [4.78, 5) is 19.1. The molecule has 1 amide bonds. The van der Waals surface area contributed by atoms with E-state index in [0.717, 1.165) is 29.7 Å². The lowest BCUT2D eigenvalue weighted by atomic mass is 10.2. The quantitative estimate of drug-likeness (QED) is 0.603. The fourth-order valence-electron chi connectivity index (χ4n) is 3.08. The molecule has 4 nitrogen and oxygen atoms in total. The second kappa shape index (κ2) is 7.98. The molecule has 0 aliphatic carbocycles. The van der Waals surface area contributed by atoms with Gasteiger partial charge in [-0.3, -0.25) is 9.69 Å². The van der Waals surface area contributed by atoms with Crippen LogP contribution < -0.4 is 4.90 Å². The van der Waals surface area contributed by atoms with Crippen LogP contribution in [0.25, 0.3) is 16.3 Å². The van der Waals surface area contributed by atoms with Crippen molar-refractivity contribution in [2.24, 2.45) is 0 Å². The van der Waals surface area contributed by atoms with Crippen LogP contribution in [0.5, 0.6) is 0 Å². The molecule has 1 aromatic heterocycles. The van der Waals surface area contributed by atoms with Gasteiger partial charge in [-0.25, -0.2) is 9.37 Å². The van der Waals surface area contributed by atoms with E-state index >= 15 is 0 Å². The zero-order valence-electron chi connectivity index (χ0n) is 14.7. The summed E-state index contributed by atoms with van der Waals surface area (Å²) in [7, 11) is 0. The van der Waals surface area contributed by atoms with E-state index in [1.54, 1.807) is 23.1 Å². The molecule has 1 atom stereocenters. The molecule has 1 aliphatic rings. The zero-order valence-corrected chi connectivity index (χ0v) is 15.5. The molecule has 4 rings (SSSR count). The minimum Gasteiger partial charge on any atom is -0.376 e. The van der Waals surface area contributed by atoms with Gasteiger partial charge in [-0.1, -0.05) is 41.7 Å². The summed E-state index contributed by atoms with van der Waals surface area (Å²) in [6.07, 6.45) is 5.26. The monoisotopic (exact) mass is 382 g/mol. The smallest absolute Gasteiger partial charge is 0.252 e. The summed E-state index contributed by atoms with van der Waals surface area (Å²) < 4.78 is 19.9. The van der Waals surface area contributed by atoms with Gasteiger partial charge < -0.3 is 4.74 Å². The van der Waals surface area contributed by atoms with Gasteiger partial charge in [0, 0.05) is 12.7 Å². The number of rotatable bonds is 5. The lowest BCUT2D eigenvalue weighted by Crippen LogP contribution is -2.36. The van der Waals surface area contributed by atoms with E-state index in [2.05, 4.69) is 4.98 Å². The lowest BCUT2D eigenvalue weighted by Gasteiger charge is -2.21. The van der Waals surface area contributed by atoms with Crippen molar-refractivity contribution in [2.75, 3.05) is 18.1 Å². The Balaban J connectivity index is 1.62. The maximum atomic E-state index is 13.5. The topological polar surface area (TPSA) is 42.4 Å². The molecule has 6 heteroatoms. The Hall–Kier alpha value is -2.57. The molecular weight excluding hydrogens is 363 g/mol. The molecule has 2 heterocycles. The van der Waals surface area contributed by atoms with Gasteiger partial charge >= 0.3 is 0 Å². The highest BCUT2D eigenvalue weighted by molar-refractivity contribution is 7.22. The van der Waals surface area contributed by atoms with Crippen molar-refractivity contribution in [2.45, 2.75) is 18.9 Å². The number of carbonyl (C=O) groups is 1. The average Bonchev–Trinajstić information content (AvgIpc) is 3.34. The Labute approximate surface area is 160 Å². The van der Waals surface area contributed by atoms with E-state index in [9.17, 15) is 9.18 Å². The number of anilines is 1. The number of thiazole rings is 1. The Morgan fingerprint density at radius 3 is 2.93 bits per heavy atom. The summed E-state index contributed by atoms with van der Waals surface area (Å²) in [5, 5.41) is 0.564. The van der Waals surface area contributed by atoms with Gasteiger partial charge in [0.1, 0.15) is 5.82 Å². The molecule has 3 aromatic rings. The highest BCUT2D eigenvalue weighted by Crippen LogP contribution is 2.30. The minimum absolute atomic E-state index is 0.00261. The SMILES string of the molecule is O=C(/C=C/c1ccccc1)N(CC1CCCO1)c1nc2ccc(F)cc2s1. The number of nitrogens with zero attached hydrogens (tertiary/aromatic N) is 2. The van der Waals surface area contributed by atoms with E-state index in [0.29, 0.717) is 17.2 Å². The molecule has 0 radical (unpaired) electrons. The Bertz CT molecular complexity index is 965. The predicted molar refractivity (Wildman–Crippen MR) is 106 cm³/mol. The molecule has 1 unspecified atom stereocenters. The third-order valence-corrected chi connectivity index (χ3v) is 5.51. The standard InChI is InChI=1S/C21H19FN2O2S/c22-16-9-10-18-19(13-16)27-21(23-18)24(14-17-7-4-12-26-17)20(25)11-8-15-5-2-1-3-6-15/h1-3,5-6,8-11,13,17H,4,7,12,14H2/b11-8+. The molecule has 0 N–H and O–H groups in total. The van der Waals surface area contributed by atoms with Gasteiger partial charge in [0.05, 0.1) is 22.9 Å². The van der Waals surface area contributed by atoms with Crippen molar-refractivity contribution < 1.29 is 13.9 Å². The summed E-state index contributed by atoms with van der Waals surface area (Å²) in [6, 6.07) is 14.1. The first-order valence-electron chi connectivity index (χ1n) is 8.91. The van der Waals surface area contributed by atoms with Crippen molar-refractivity contribution in [1.82, 2.24) is 4.98 Å². The maximum absolute atomic E-state index is 13.5. The number of benzene rings is 2. The second-order valence-electron chi connectivity index (χ2n) is 6.44. The van der Waals surface area contributed by atoms with Crippen LogP contribution in [-0.4, -0.2) is 30.1 Å². The van der Waals surface area contributed by atoms with E-state index < -0.39 is 0 Å². The van der Waals surface area contributed by atoms with E-state index in [-0.39, 0.29) is 17.8 Å². The van der Waals surface area contributed by atoms with Crippen LogP contribution in [0.4, 0.5) is 9.52 Å². The second-order valence-corrected chi connectivity index (χ2v) is 7.45. The van der Waals surface area contributed by atoms with Gasteiger partial charge in [0.15, 0.2) is 5.13 Å². The molecule has 2 aromatic carbocycles. The van der Waals surface area contributed by atoms with Crippen molar-refractivity contribution in [3.63, 3.8) is 0 Å². The van der Waals surface area contributed by atoms with Crippen molar-refractivity contribution in [3.8, 4) is 0 Å². The van der Waals surface area contributed by atoms with Crippen LogP contribution >= 0.6 is 11.3 Å². The summed E-state index contributed by atoms with van der Waals surface area (Å²) in [5.41, 5.74) is 1.64. The number of aromatic nitrogens is 1. The minimum atomic E-state index is -0.307. The molecule has 27 heavy (non-hydrogen) atoms. The number of carbonyl (C=O) groups excluding carboxylic acids is 1. The molecular formula is C21H19FN2O2S. The summed E-state index contributed by atoms with van der Waals surface area (Å²) in [6.45, 7) is 1.16. The van der Waals surface area contributed by atoms with Gasteiger partial charge in [0.2, 0.25) is 0 Å². The van der Waals surface area contributed by atoms with Crippen molar-refractivity contribution in [1.29, 1.82) is 0 Å². The van der Waals surface area contributed by atoms with Crippen LogP contribution in [0.2, 0.25) is 0 Å². The molecule has 1 saturated heterocycles. The van der Waals surface area contributed by atoms with Gasteiger partial charge in [-0.15, -0.1) is 0 Å². The number of fused-ring (bicyclic) bond motifs is 1. The van der Waals surface area contributed by atoms with E-state index in [1.165, 1.54) is 23.5 Å². The molecule has 1 aliphatic heterocycles. The number of amides is 1. The Morgan fingerprint density at radius 1 is 1.30 bits per heavy atom. The third kappa shape index (κ3) is 4.23. The van der Waals surface area contributed by atoms with Crippen molar-refractivity contribution >= 4 is 38.7 Å². The first kappa shape index (κ1) is 17.8. The zero-order chi connectivity index (χ0) is 18.6. The average molecular weight is 382 g/mol. The third-order valence-electron chi connectivity index (χ3n) is 4.46. The Kier molecular flexibility index (Phi) is 5.27. The van der Waals surface area contributed by atoms with Crippen LogP contribution in [0.3, 0.4) is 0 Å². The first-order chi connectivity index (χ1) is 13.2. The molecule has 0 bridgehead atoms. The number of ether oxygens (including phenoxy) is 1. The number of hydrogen-bond donors (Lipinski definition) is 0. The van der Waals surface area contributed by atoms with Gasteiger partial charge in [0.25, 0.3) is 5.91 Å². The summed E-state index contributed by atoms with van der Waals surface area (Å²) >= 11 is 1.32. The first-order valence-corrected chi connectivity index (χ1v) is 9.73. The van der Waals surface area contributed by atoms with Crippen LogP contribution in [0.15, 0.2) is 54.6 Å². The van der Waals surface area contributed by atoms with Crippen LogP contribution in [-0.2, 0) is 9.53 Å². The van der Waals surface area contributed by atoms with Crippen molar-refractivity contribution in [3.05, 3.63) is 66.0 Å². The fraction of sp³-hybridized carbons (Fsp3) is 0.238. The molecule has 0 spiro atoms. The summed E-state index contributed by atoms with van der Waals surface area (Å²) in [5.74, 6) is -0.465. The number of hydrogen-bond acceptors (Lipinski definition) is 4. The molecule has 138 valence electrons. The number of halogens is 1.